The van der Waals surface area contributed by atoms with Gasteiger partial charge in [0.05, 0.1) is 5.25 Å². The van der Waals surface area contributed by atoms with E-state index in [9.17, 15) is 4.79 Å². The molecule has 0 radical (unpaired) electrons. The number of carbonyl (C=O) groups is 1. The van der Waals surface area contributed by atoms with Crippen LogP contribution in [0.15, 0.2) is 41.7 Å². The SMILES string of the molecule is C[C@@H](Sc1ncnc2sc3c(c12)CCCC3)C(=O)N(C)c1ccccc1. The monoisotopic (exact) mass is 383 g/mol. The molecule has 134 valence electrons. The molecule has 2 heterocycles. The van der Waals surface area contributed by atoms with E-state index < -0.39 is 0 Å². The van der Waals surface area contributed by atoms with Crippen molar-refractivity contribution < 1.29 is 4.79 Å². The summed E-state index contributed by atoms with van der Waals surface area (Å²) in [5.41, 5.74) is 2.32. The van der Waals surface area contributed by atoms with E-state index in [4.69, 9.17) is 0 Å². The largest absolute Gasteiger partial charge is 0.315 e. The van der Waals surface area contributed by atoms with Gasteiger partial charge < -0.3 is 4.90 Å². The number of aromatic nitrogens is 2. The molecule has 0 fully saturated rings. The van der Waals surface area contributed by atoms with Crippen LogP contribution in [0.1, 0.15) is 30.2 Å². The van der Waals surface area contributed by atoms with Gasteiger partial charge in [-0.05, 0) is 50.3 Å². The van der Waals surface area contributed by atoms with E-state index in [1.165, 1.54) is 28.7 Å². The maximum atomic E-state index is 12.9. The van der Waals surface area contributed by atoms with Crippen LogP contribution in [0.2, 0.25) is 0 Å². The number of fused-ring (bicyclic) bond motifs is 3. The second-order valence-corrected chi connectivity index (χ2v) is 8.98. The Bertz CT molecular complexity index is 939. The Balaban J connectivity index is 1.61. The molecule has 0 saturated heterocycles. The fraction of sp³-hybridized carbons (Fsp3) is 0.350. The fourth-order valence-electron chi connectivity index (χ4n) is 3.42. The molecule has 0 spiro atoms. The third-order valence-electron chi connectivity index (χ3n) is 4.83. The summed E-state index contributed by atoms with van der Waals surface area (Å²) in [5, 5.41) is 1.91. The van der Waals surface area contributed by atoms with Crippen LogP contribution < -0.4 is 4.90 Å². The number of rotatable bonds is 4. The molecule has 6 heteroatoms. The van der Waals surface area contributed by atoms with Crippen LogP contribution >= 0.6 is 23.1 Å². The molecule has 1 aliphatic rings. The standard InChI is InChI=1S/C20H21N3OS2/c1-13(20(24)23(2)14-8-4-3-5-9-14)25-18-17-15-10-6-7-11-16(15)26-19(17)22-12-21-18/h3-5,8-9,12-13H,6-7,10-11H2,1-2H3/t13-/m1/s1. The number of para-hydroxylation sites is 1. The van der Waals surface area contributed by atoms with E-state index in [0.29, 0.717) is 0 Å². The molecule has 0 aliphatic heterocycles. The summed E-state index contributed by atoms with van der Waals surface area (Å²) < 4.78 is 0. The maximum absolute atomic E-state index is 12.9. The van der Waals surface area contributed by atoms with Crippen molar-refractivity contribution in [2.45, 2.75) is 42.9 Å². The highest BCUT2D eigenvalue weighted by molar-refractivity contribution is 8.00. The van der Waals surface area contributed by atoms with E-state index in [2.05, 4.69) is 9.97 Å². The van der Waals surface area contributed by atoms with Gasteiger partial charge in [0.25, 0.3) is 0 Å². The van der Waals surface area contributed by atoms with Gasteiger partial charge in [-0.3, -0.25) is 4.79 Å². The van der Waals surface area contributed by atoms with Gasteiger partial charge in [0.15, 0.2) is 0 Å². The van der Waals surface area contributed by atoms with Crippen molar-refractivity contribution in [3.05, 3.63) is 47.1 Å². The normalized spacial score (nSPS) is 14.8. The van der Waals surface area contributed by atoms with Gasteiger partial charge in [-0.1, -0.05) is 30.0 Å². The Kier molecular flexibility index (Phi) is 4.96. The van der Waals surface area contributed by atoms with Crippen molar-refractivity contribution >= 4 is 44.9 Å². The van der Waals surface area contributed by atoms with Gasteiger partial charge in [-0.15, -0.1) is 11.3 Å². The quantitative estimate of drug-likeness (QED) is 0.483. The van der Waals surface area contributed by atoms with Gasteiger partial charge >= 0.3 is 0 Å². The minimum absolute atomic E-state index is 0.0806. The predicted octanol–water partition coefficient (Wildman–Crippen LogP) is 4.71. The number of nitrogens with zero attached hydrogens (tertiary/aromatic N) is 3. The van der Waals surface area contributed by atoms with E-state index >= 15 is 0 Å². The maximum Gasteiger partial charge on any atom is 0.239 e. The highest BCUT2D eigenvalue weighted by Crippen LogP contribution is 2.40. The lowest BCUT2D eigenvalue weighted by Crippen LogP contribution is -2.33. The number of aryl methyl sites for hydroxylation is 2. The third-order valence-corrected chi connectivity index (χ3v) is 7.11. The first-order valence-corrected chi connectivity index (χ1v) is 10.6. The zero-order valence-electron chi connectivity index (χ0n) is 14.9. The number of thioether (sulfide) groups is 1. The first-order chi connectivity index (χ1) is 12.6. The highest BCUT2D eigenvalue weighted by Gasteiger charge is 2.24. The first-order valence-electron chi connectivity index (χ1n) is 8.89. The Morgan fingerprint density at radius 3 is 2.77 bits per heavy atom. The lowest BCUT2D eigenvalue weighted by molar-refractivity contribution is -0.117. The molecule has 1 amide bonds. The number of carbonyl (C=O) groups excluding carboxylic acids is 1. The van der Waals surface area contributed by atoms with E-state index in [-0.39, 0.29) is 11.2 Å². The zero-order chi connectivity index (χ0) is 18.1. The Morgan fingerprint density at radius 2 is 1.96 bits per heavy atom. The van der Waals surface area contributed by atoms with Crippen molar-refractivity contribution in [3.63, 3.8) is 0 Å². The molecule has 1 aliphatic carbocycles. The first kappa shape index (κ1) is 17.5. The Morgan fingerprint density at radius 1 is 1.19 bits per heavy atom. The molecule has 4 rings (SSSR count). The number of thiophene rings is 1. The van der Waals surface area contributed by atoms with Gasteiger partial charge in [-0.25, -0.2) is 9.97 Å². The molecule has 1 aromatic carbocycles. The van der Waals surface area contributed by atoms with Crippen LogP contribution in [-0.2, 0) is 17.6 Å². The Labute approximate surface area is 161 Å². The fourth-order valence-corrected chi connectivity index (χ4v) is 5.75. The topological polar surface area (TPSA) is 46.1 Å². The molecule has 1 atom stereocenters. The number of benzene rings is 1. The minimum atomic E-state index is -0.211. The zero-order valence-corrected chi connectivity index (χ0v) is 16.6. The highest BCUT2D eigenvalue weighted by atomic mass is 32.2. The number of amides is 1. The van der Waals surface area contributed by atoms with Crippen LogP contribution in [0.5, 0.6) is 0 Å². The molecule has 0 bridgehead atoms. The average molecular weight is 384 g/mol. The minimum Gasteiger partial charge on any atom is -0.315 e. The number of hydrogen-bond acceptors (Lipinski definition) is 5. The smallest absolute Gasteiger partial charge is 0.239 e. The predicted molar refractivity (Wildman–Crippen MR) is 109 cm³/mol. The van der Waals surface area contributed by atoms with Crippen LogP contribution in [0.25, 0.3) is 10.2 Å². The molecule has 3 aromatic rings. The van der Waals surface area contributed by atoms with Crippen molar-refractivity contribution in [1.82, 2.24) is 9.97 Å². The summed E-state index contributed by atoms with van der Waals surface area (Å²) in [6.07, 6.45) is 6.36. The van der Waals surface area contributed by atoms with Crippen LogP contribution in [0, 0.1) is 0 Å². The van der Waals surface area contributed by atoms with E-state index in [1.54, 1.807) is 34.3 Å². The van der Waals surface area contributed by atoms with Gasteiger partial charge in [0, 0.05) is 23.0 Å². The van der Waals surface area contributed by atoms with Gasteiger partial charge in [-0.2, -0.15) is 0 Å². The lowest BCUT2D eigenvalue weighted by atomic mass is 9.97. The molecular weight excluding hydrogens is 362 g/mol. The summed E-state index contributed by atoms with van der Waals surface area (Å²) in [5.74, 6) is 0.0806. The lowest BCUT2D eigenvalue weighted by Gasteiger charge is -2.21. The average Bonchev–Trinajstić information content (AvgIpc) is 3.07. The molecule has 0 saturated carbocycles. The molecule has 0 N–H and O–H groups in total. The number of hydrogen-bond donors (Lipinski definition) is 0. The van der Waals surface area contributed by atoms with Crippen molar-refractivity contribution in [3.8, 4) is 0 Å². The molecule has 0 unspecified atom stereocenters. The second-order valence-electron chi connectivity index (χ2n) is 6.56. The molecule has 4 nitrogen and oxygen atoms in total. The van der Waals surface area contributed by atoms with Crippen LogP contribution in [0.3, 0.4) is 0 Å². The molecule has 2 aromatic heterocycles. The van der Waals surface area contributed by atoms with Gasteiger partial charge in [0.1, 0.15) is 16.2 Å². The third kappa shape index (κ3) is 3.23. The summed E-state index contributed by atoms with van der Waals surface area (Å²) in [7, 11) is 1.83. The summed E-state index contributed by atoms with van der Waals surface area (Å²) in [4.78, 5) is 26.1. The van der Waals surface area contributed by atoms with Crippen LogP contribution in [-0.4, -0.2) is 28.2 Å². The van der Waals surface area contributed by atoms with Crippen molar-refractivity contribution in [1.29, 1.82) is 0 Å². The van der Waals surface area contributed by atoms with Crippen molar-refractivity contribution in [2.24, 2.45) is 0 Å². The molecular formula is C20H21N3OS2. The molecule has 26 heavy (non-hydrogen) atoms. The van der Waals surface area contributed by atoms with Crippen LogP contribution in [0.4, 0.5) is 5.69 Å². The summed E-state index contributed by atoms with van der Waals surface area (Å²) >= 11 is 3.34. The van der Waals surface area contributed by atoms with E-state index in [1.807, 2.05) is 44.3 Å². The second kappa shape index (κ2) is 7.37. The van der Waals surface area contributed by atoms with E-state index in [0.717, 1.165) is 28.4 Å². The van der Waals surface area contributed by atoms with Gasteiger partial charge in [0.2, 0.25) is 5.91 Å². The Hall–Kier alpha value is -1.92. The summed E-state index contributed by atoms with van der Waals surface area (Å²) in [6, 6.07) is 9.75. The van der Waals surface area contributed by atoms with Crippen molar-refractivity contribution in [2.75, 3.05) is 11.9 Å². The summed E-state index contributed by atoms with van der Waals surface area (Å²) in [6.45, 7) is 1.96. The number of anilines is 1.